The fourth-order valence-electron chi connectivity index (χ4n) is 5.69. The number of nitrogens with one attached hydrogen (secondary N) is 1. The number of thiocarbonyl (C=S) groups is 1. The molecule has 4 saturated carbocycles. The Balaban J connectivity index is 1.83. The predicted octanol–water partition coefficient (Wildman–Crippen LogP) is 3.16. The summed E-state index contributed by atoms with van der Waals surface area (Å²) in [5.74, 6) is 1.71. The first-order valence-electron chi connectivity index (χ1n) is 8.33. The summed E-state index contributed by atoms with van der Waals surface area (Å²) in [6, 6.07) is 0. The van der Waals surface area contributed by atoms with Crippen molar-refractivity contribution in [2.24, 2.45) is 28.4 Å². The Hall–Kier alpha value is -0.640. The van der Waals surface area contributed by atoms with Gasteiger partial charge < -0.3 is 11.1 Å². The first-order valence-corrected chi connectivity index (χ1v) is 8.74. The third-order valence-corrected chi connectivity index (χ3v) is 6.93. The van der Waals surface area contributed by atoms with Crippen LogP contribution in [0.15, 0.2) is 0 Å². The molecule has 0 radical (unpaired) electrons. The highest BCUT2D eigenvalue weighted by molar-refractivity contribution is 7.80. The minimum Gasteiger partial charge on any atom is -0.391 e. The van der Waals surface area contributed by atoms with Gasteiger partial charge in [0.2, 0.25) is 5.91 Å². The molecular weight excluding hydrogens is 280 g/mol. The van der Waals surface area contributed by atoms with E-state index < -0.39 is 5.54 Å². The van der Waals surface area contributed by atoms with E-state index in [-0.39, 0.29) is 11.3 Å². The van der Waals surface area contributed by atoms with E-state index in [1.54, 1.807) is 0 Å². The zero-order valence-corrected chi connectivity index (χ0v) is 14.3. The summed E-state index contributed by atoms with van der Waals surface area (Å²) in [5.41, 5.74) is 5.55. The third kappa shape index (κ3) is 2.39. The summed E-state index contributed by atoms with van der Waals surface area (Å²) in [4.78, 5) is 13.5. The first kappa shape index (κ1) is 15.3. The Morgan fingerprint density at radius 2 is 1.90 bits per heavy atom. The molecule has 3 unspecified atom stereocenters. The SMILES string of the molecule is CCC(C)(NC(=O)C12CC3CC(CC(C)(C3)C1)C2)C(N)=S. The van der Waals surface area contributed by atoms with E-state index in [9.17, 15) is 4.79 Å². The Bertz CT molecular complexity index is 475. The Kier molecular flexibility index (Phi) is 3.40. The Labute approximate surface area is 133 Å². The summed E-state index contributed by atoms with van der Waals surface area (Å²) >= 11 is 5.18. The second-order valence-electron chi connectivity index (χ2n) is 8.56. The van der Waals surface area contributed by atoms with Gasteiger partial charge in [-0.25, -0.2) is 0 Å². The molecule has 0 aromatic heterocycles. The Morgan fingerprint density at radius 1 is 1.33 bits per heavy atom. The molecule has 3 nitrogen and oxygen atoms in total. The van der Waals surface area contributed by atoms with Crippen molar-refractivity contribution in [3.63, 3.8) is 0 Å². The molecule has 4 aliphatic carbocycles. The van der Waals surface area contributed by atoms with Gasteiger partial charge in [0.25, 0.3) is 0 Å². The molecule has 3 atom stereocenters. The molecule has 0 aliphatic heterocycles. The number of rotatable bonds is 4. The van der Waals surface area contributed by atoms with Gasteiger partial charge >= 0.3 is 0 Å². The van der Waals surface area contributed by atoms with Crippen molar-refractivity contribution >= 4 is 23.1 Å². The summed E-state index contributed by atoms with van der Waals surface area (Å²) < 4.78 is 0. The Morgan fingerprint density at radius 3 is 2.33 bits per heavy atom. The number of hydrogen-bond donors (Lipinski definition) is 2. The van der Waals surface area contributed by atoms with Gasteiger partial charge in [0.05, 0.1) is 15.9 Å². The highest BCUT2D eigenvalue weighted by atomic mass is 32.1. The molecule has 4 rings (SSSR count). The quantitative estimate of drug-likeness (QED) is 0.784. The minimum absolute atomic E-state index is 0.153. The normalized spacial score (nSPS) is 43.4. The molecule has 0 saturated heterocycles. The molecule has 4 bridgehead atoms. The van der Waals surface area contributed by atoms with Crippen LogP contribution in [0, 0.1) is 22.7 Å². The van der Waals surface area contributed by atoms with Crippen molar-refractivity contribution in [3.05, 3.63) is 0 Å². The fourth-order valence-corrected chi connectivity index (χ4v) is 5.89. The average Bonchev–Trinajstić information content (AvgIpc) is 2.35. The van der Waals surface area contributed by atoms with Crippen molar-refractivity contribution < 1.29 is 4.79 Å². The van der Waals surface area contributed by atoms with E-state index >= 15 is 0 Å². The highest BCUT2D eigenvalue weighted by Gasteiger charge is 2.59. The molecule has 4 aliphatic rings. The number of hydrogen-bond acceptors (Lipinski definition) is 2. The molecule has 0 aromatic carbocycles. The van der Waals surface area contributed by atoms with Gasteiger partial charge in [0.15, 0.2) is 0 Å². The highest BCUT2D eigenvalue weighted by Crippen LogP contribution is 2.65. The van der Waals surface area contributed by atoms with Crippen LogP contribution in [0.25, 0.3) is 0 Å². The summed E-state index contributed by atoms with van der Waals surface area (Å²) in [6.07, 6.45) is 7.91. The van der Waals surface area contributed by atoms with E-state index in [1.807, 2.05) is 13.8 Å². The molecule has 4 fully saturated rings. The van der Waals surface area contributed by atoms with Crippen LogP contribution in [0.3, 0.4) is 0 Å². The van der Waals surface area contributed by atoms with Crippen molar-refractivity contribution in [2.75, 3.05) is 0 Å². The summed E-state index contributed by atoms with van der Waals surface area (Å²) in [6.45, 7) is 6.37. The van der Waals surface area contributed by atoms with Crippen molar-refractivity contribution in [3.8, 4) is 0 Å². The van der Waals surface area contributed by atoms with Crippen LogP contribution in [-0.2, 0) is 4.79 Å². The summed E-state index contributed by atoms with van der Waals surface area (Å²) in [5, 5.41) is 3.21. The number of carbonyl (C=O) groups is 1. The minimum atomic E-state index is -0.545. The van der Waals surface area contributed by atoms with Gasteiger partial charge in [0.1, 0.15) is 0 Å². The van der Waals surface area contributed by atoms with E-state index in [2.05, 4.69) is 12.2 Å². The predicted molar refractivity (Wildman–Crippen MR) is 88.8 cm³/mol. The molecule has 4 heteroatoms. The maximum atomic E-state index is 13.1. The molecule has 0 spiro atoms. The monoisotopic (exact) mass is 308 g/mol. The van der Waals surface area contributed by atoms with Crippen LogP contribution < -0.4 is 11.1 Å². The van der Waals surface area contributed by atoms with Crippen LogP contribution in [0.1, 0.15) is 65.7 Å². The lowest BCUT2D eigenvalue weighted by molar-refractivity contribution is -0.156. The standard InChI is InChI=1S/C17H28N2OS/c1-4-16(3,13(18)21)19-14(20)17-8-11-5-12(9-17)7-15(2,6-11)10-17/h11-12H,4-10H2,1-3H3,(H2,18,21)(H,19,20). The van der Waals surface area contributed by atoms with Gasteiger partial charge in [0, 0.05) is 0 Å². The molecule has 118 valence electrons. The lowest BCUT2D eigenvalue weighted by Gasteiger charge is -2.60. The van der Waals surface area contributed by atoms with Gasteiger partial charge in [-0.3, -0.25) is 4.79 Å². The molecular formula is C17H28N2OS. The van der Waals surface area contributed by atoms with Crippen LogP contribution >= 0.6 is 12.2 Å². The second kappa shape index (κ2) is 4.68. The van der Waals surface area contributed by atoms with Crippen LogP contribution in [0.4, 0.5) is 0 Å². The maximum Gasteiger partial charge on any atom is 0.227 e. The lowest BCUT2D eigenvalue weighted by Crippen LogP contribution is -2.62. The second-order valence-corrected chi connectivity index (χ2v) is 9.00. The molecule has 21 heavy (non-hydrogen) atoms. The lowest BCUT2D eigenvalue weighted by atomic mass is 9.44. The van der Waals surface area contributed by atoms with E-state index in [0.29, 0.717) is 10.4 Å². The van der Waals surface area contributed by atoms with Gasteiger partial charge in [-0.15, -0.1) is 0 Å². The van der Waals surface area contributed by atoms with Crippen LogP contribution in [0.2, 0.25) is 0 Å². The zero-order valence-electron chi connectivity index (χ0n) is 13.5. The zero-order chi connectivity index (χ0) is 15.5. The largest absolute Gasteiger partial charge is 0.391 e. The van der Waals surface area contributed by atoms with E-state index in [4.69, 9.17) is 18.0 Å². The molecule has 3 N–H and O–H groups in total. The number of carbonyl (C=O) groups excluding carboxylic acids is 1. The van der Waals surface area contributed by atoms with Crippen molar-refractivity contribution in [1.29, 1.82) is 0 Å². The first-order chi connectivity index (χ1) is 9.70. The number of nitrogens with two attached hydrogens (primary N) is 1. The van der Waals surface area contributed by atoms with Crippen molar-refractivity contribution in [2.45, 2.75) is 71.3 Å². The molecule has 1 amide bonds. The van der Waals surface area contributed by atoms with Gasteiger partial charge in [-0.2, -0.15) is 0 Å². The molecule has 0 aromatic rings. The average molecular weight is 308 g/mol. The fraction of sp³-hybridized carbons (Fsp3) is 0.882. The van der Waals surface area contributed by atoms with E-state index in [0.717, 1.165) is 37.5 Å². The van der Waals surface area contributed by atoms with Gasteiger partial charge in [-0.1, -0.05) is 26.1 Å². The summed E-state index contributed by atoms with van der Waals surface area (Å²) in [7, 11) is 0. The number of amides is 1. The van der Waals surface area contributed by atoms with Crippen molar-refractivity contribution in [1.82, 2.24) is 5.32 Å². The van der Waals surface area contributed by atoms with Gasteiger partial charge in [-0.05, 0) is 69.1 Å². The molecule has 0 heterocycles. The smallest absolute Gasteiger partial charge is 0.227 e. The maximum absolute atomic E-state index is 13.1. The topological polar surface area (TPSA) is 55.1 Å². The van der Waals surface area contributed by atoms with Crippen LogP contribution in [-0.4, -0.2) is 16.4 Å². The van der Waals surface area contributed by atoms with Crippen LogP contribution in [0.5, 0.6) is 0 Å². The van der Waals surface area contributed by atoms with E-state index in [1.165, 1.54) is 19.3 Å². The third-order valence-electron chi connectivity index (χ3n) is 6.48.